The fourth-order valence-electron chi connectivity index (χ4n) is 0.983. The van der Waals surface area contributed by atoms with Crippen LogP contribution in [0.2, 0.25) is 0 Å². The largest absolute Gasteiger partial charge is 0.294 e. The zero-order valence-corrected chi connectivity index (χ0v) is 7.70. The lowest BCUT2D eigenvalue weighted by molar-refractivity contribution is 0.838. The van der Waals surface area contributed by atoms with Gasteiger partial charge in [0.25, 0.3) is 0 Å². The quantitative estimate of drug-likeness (QED) is 0.604. The predicted octanol–water partition coefficient (Wildman–Crippen LogP) is 2.71. The lowest BCUT2D eigenvalue weighted by atomic mass is 10.2. The number of aliphatic imine (C=N–C) groups is 1. The molecule has 1 aromatic rings. The molecule has 0 atom stereocenters. The SMILES string of the molecule is CC(C)N=CCc1ccccc1. The number of hydrogen-bond acceptors (Lipinski definition) is 1. The summed E-state index contributed by atoms with van der Waals surface area (Å²) in [6, 6.07) is 10.8. The molecule has 1 heteroatoms. The Morgan fingerprint density at radius 3 is 2.50 bits per heavy atom. The van der Waals surface area contributed by atoms with Gasteiger partial charge >= 0.3 is 0 Å². The summed E-state index contributed by atoms with van der Waals surface area (Å²) in [7, 11) is 0. The lowest BCUT2D eigenvalue weighted by Gasteiger charge is -1.96. The molecule has 0 aliphatic heterocycles. The van der Waals surface area contributed by atoms with Crippen molar-refractivity contribution in [2.75, 3.05) is 0 Å². The molecule has 0 heterocycles. The van der Waals surface area contributed by atoms with E-state index < -0.39 is 0 Å². The fraction of sp³-hybridized carbons (Fsp3) is 0.364. The van der Waals surface area contributed by atoms with Crippen LogP contribution in [-0.2, 0) is 6.42 Å². The van der Waals surface area contributed by atoms with Crippen molar-refractivity contribution in [1.29, 1.82) is 0 Å². The second-order valence-corrected chi connectivity index (χ2v) is 3.12. The maximum Gasteiger partial charge on any atom is 0.0439 e. The van der Waals surface area contributed by atoms with Crippen molar-refractivity contribution < 1.29 is 0 Å². The smallest absolute Gasteiger partial charge is 0.0439 e. The standard InChI is InChI=1S/C11H15N/c1-10(2)12-9-8-11-6-4-3-5-7-11/h3-7,9-10H,8H2,1-2H3. The van der Waals surface area contributed by atoms with E-state index in [1.807, 2.05) is 12.3 Å². The summed E-state index contributed by atoms with van der Waals surface area (Å²) >= 11 is 0. The number of nitrogens with zero attached hydrogens (tertiary/aromatic N) is 1. The van der Waals surface area contributed by atoms with Gasteiger partial charge in [-0.1, -0.05) is 30.3 Å². The molecule has 0 radical (unpaired) electrons. The fourth-order valence-corrected chi connectivity index (χ4v) is 0.983. The summed E-state index contributed by atoms with van der Waals surface area (Å²) in [5, 5.41) is 0. The molecule has 0 fully saturated rings. The van der Waals surface area contributed by atoms with Gasteiger partial charge in [0.05, 0.1) is 0 Å². The van der Waals surface area contributed by atoms with E-state index in [0.717, 1.165) is 6.42 Å². The van der Waals surface area contributed by atoms with Crippen LogP contribution < -0.4 is 0 Å². The van der Waals surface area contributed by atoms with Crippen molar-refractivity contribution in [2.24, 2.45) is 4.99 Å². The number of benzene rings is 1. The molecule has 0 aliphatic carbocycles. The van der Waals surface area contributed by atoms with Gasteiger partial charge in [0.1, 0.15) is 0 Å². The summed E-state index contributed by atoms with van der Waals surface area (Å²) in [6.07, 6.45) is 2.93. The second-order valence-electron chi connectivity index (χ2n) is 3.12. The molecule has 0 saturated heterocycles. The highest BCUT2D eigenvalue weighted by atomic mass is 14.7. The molecule has 0 bridgehead atoms. The molecule has 0 spiro atoms. The molecule has 0 unspecified atom stereocenters. The topological polar surface area (TPSA) is 12.4 Å². The Hall–Kier alpha value is -1.11. The minimum absolute atomic E-state index is 0.411. The first kappa shape index (κ1) is 8.98. The summed E-state index contributed by atoms with van der Waals surface area (Å²) in [5.41, 5.74) is 1.32. The van der Waals surface area contributed by atoms with E-state index in [4.69, 9.17) is 0 Å². The van der Waals surface area contributed by atoms with E-state index in [9.17, 15) is 0 Å². The Balaban J connectivity index is 2.43. The van der Waals surface area contributed by atoms with Gasteiger partial charge in [-0.2, -0.15) is 0 Å². The lowest BCUT2D eigenvalue weighted by Crippen LogP contribution is -1.91. The monoisotopic (exact) mass is 161 g/mol. The molecule has 1 nitrogen and oxygen atoms in total. The van der Waals surface area contributed by atoms with Crippen molar-refractivity contribution in [2.45, 2.75) is 26.3 Å². The molecule has 12 heavy (non-hydrogen) atoms. The third kappa shape index (κ3) is 3.33. The van der Waals surface area contributed by atoms with E-state index >= 15 is 0 Å². The van der Waals surface area contributed by atoms with Crippen LogP contribution >= 0.6 is 0 Å². The number of hydrogen-bond donors (Lipinski definition) is 0. The average Bonchev–Trinajstić information content (AvgIpc) is 2.05. The minimum Gasteiger partial charge on any atom is -0.294 e. The molecule has 0 aromatic heterocycles. The summed E-state index contributed by atoms with van der Waals surface area (Å²) in [4.78, 5) is 4.29. The van der Waals surface area contributed by atoms with Crippen LogP contribution in [0, 0.1) is 0 Å². The van der Waals surface area contributed by atoms with E-state index in [2.05, 4.69) is 43.1 Å². The van der Waals surface area contributed by atoms with Gasteiger partial charge in [-0.05, 0) is 19.4 Å². The van der Waals surface area contributed by atoms with Gasteiger partial charge in [-0.25, -0.2) is 0 Å². The highest BCUT2D eigenvalue weighted by Crippen LogP contribution is 1.97. The molecule has 64 valence electrons. The summed E-state index contributed by atoms with van der Waals surface area (Å²) in [5.74, 6) is 0. The Morgan fingerprint density at radius 1 is 1.25 bits per heavy atom. The van der Waals surface area contributed by atoms with Gasteiger partial charge in [0, 0.05) is 18.7 Å². The predicted molar refractivity (Wildman–Crippen MR) is 53.8 cm³/mol. The highest BCUT2D eigenvalue weighted by Gasteiger charge is 1.87. The minimum atomic E-state index is 0.411. The van der Waals surface area contributed by atoms with E-state index in [-0.39, 0.29) is 0 Å². The highest BCUT2D eigenvalue weighted by molar-refractivity contribution is 5.61. The summed E-state index contributed by atoms with van der Waals surface area (Å²) < 4.78 is 0. The van der Waals surface area contributed by atoms with Crippen molar-refractivity contribution >= 4 is 6.21 Å². The van der Waals surface area contributed by atoms with Crippen molar-refractivity contribution in [3.8, 4) is 0 Å². The van der Waals surface area contributed by atoms with Gasteiger partial charge < -0.3 is 0 Å². The molecule has 0 aliphatic rings. The average molecular weight is 161 g/mol. The van der Waals surface area contributed by atoms with Crippen LogP contribution in [0.15, 0.2) is 35.3 Å². The van der Waals surface area contributed by atoms with E-state index in [1.54, 1.807) is 0 Å². The Morgan fingerprint density at radius 2 is 1.92 bits per heavy atom. The van der Waals surface area contributed by atoms with Crippen LogP contribution in [0.25, 0.3) is 0 Å². The van der Waals surface area contributed by atoms with E-state index in [1.165, 1.54) is 5.56 Å². The van der Waals surface area contributed by atoms with E-state index in [0.29, 0.717) is 6.04 Å². The van der Waals surface area contributed by atoms with Gasteiger partial charge in [0.2, 0.25) is 0 Å². The molecule has 0 N–H and O–H groups in total. The Kier molecular flexibility index (Phi) is 3.52. The number of rotatable bonds is 3. The van der Waals surface area contributed by atoms with Crippen molar-refractivity contribution in [1.82, 2.24) is 0 Å². The maximum atomic E-state index is 4.29. The zero-order chi connectivity index (χ0) is 8.81. The van der Waals surface area contributed by atoms with Crippen molar-refractivity contribution in [3.63, 3.8) is 0 Å². The summed E-state index contributed by atoms with van der Waals surface area (Å²) in [6.45, 7) is 4.17. The molecule has 1 rings (SSSR count). The van der Waals surface area contributed by atoms with Crippen LogP contribution in [0.3, 0.4) is 0 Å². The van der Waals surface area contributed by atoms with Crippen LogP contribution in [0.5, 0.6) is 0 Å². The normalized spacial score (nSPS) is 11.2. The first-order valence-electron chi connectivity index (χ1n) is 4.34. The molecule has 0 amide bonds. The zero-order valence-electron chi connectivity index (χ0n) is 7.70. The Labute approximate surface area is 74.2 Å². The van der Waals surface area contributed by atoms with Crippen LogP contribution in [-0.4, -0.2) is 12.3 Å². The Bertz CT molecular complexity index is 236. The van der Waals surface area contributed by atoms with Gasteiger partial charge in [-0.3, -0.25) is 4.99 Å². The molecule has 0 saturated carbocycles. The second kappa shape index (κ2) is 4.70. The van der Waals surface area contributed by atoms with Crippen LogP contribution in [0.4, 0.5) is 0 Å². The first-order chi connectivity index (χ1) is 5.79. The first-order valence-corrected chi connectivity index (χ1v) is 4.34. The third-order valence-corrected chi connectivity index (χ3v) is 1.57. The maximum absolute atomic E-state index is 4.29. The van der Waals surface area contributed by atoms with Crippen LogP contribution in [0.1, 0.15) is 19.4 Å². The van der Waals surface area contributed by atoms with Gasteiger partial charge in [0.15, 0.2) is 0 Å². The molecular formula is C11H15N. The molecular weight excluding hydrogens is 146 g/mol. The van der Waals surface area contributed by atoms with Gasteiger partial charge in [-0.15, -0.1) is 0 Å². The molecule has 1 aromatic carbocycles. The third-order valence-electron chi connectivity index (χ3n) is 1.57. The van der Waals surface area contributed by atoms with Crippen molar-refractivity contribution in [3.05, 3.63) is 35.9 Å².